The molecular formula is C32H20ClO4S-. The summed E-state index contributed by atoms with van der Waals surface area (Å²) in [7, 11) is -0.648. The number of hydrogen-bond donors (Lipinski definition) is 0. The molecule has 7 rings (SSSR count). The van der Waals surface area contributed by atoms with Crippen LogP contribution in [-0.4, -0.2) is 27.4 Å². The van der Waals surface area contributed by atoms with Crippen LogP contribution in [0.5, 0.6) is 0 Å². The van der Waals surface area contributed by atoms with E-state index in [1.165, 1.54) is 0 Å². The molecule has 1 aliphatic heterocycles. The Morgan fingerprint density at radius 2 is 1.32 bits per heavy atom. The van der Waals surface area contributed by atoms with Gasteiger partial charge in [0.1, 0.15) is 0 Å². The molecule has 0 N–H and O–H groups in total. The lowest BCUT2D eigenvalue weighted by molar-refractivity contribution is -0.430. The molecule has 0 spiro atoms. The fourth-order valence-corrected chi connectivity index (χ4v) is 8.06. The van der Waals surface area contributed by atoms with E-state index in [4.69, 9.17) is 11.6 Å². The monoisotopic (exact) mass is 535 g/mol. The van der Waals surface area contributed by atoms with E-state index in [9.17, 15) is 19.5 Å². The lowest BCUT2D eigenvalue weighted by Crippen LogP contribution is -2.22. The maximum Gasteiger partial charge on any atom is 0.198 e. The van der Waals surface area contributed by atoms with E-state index in [1.54, 1.807) is 23.6 Å². The molecule has 4 aromatic carbocycles. The lowest BCUT2D eigenvalue weighted by Gasteiger charge is -2.22. The predicted octanol–water partition coefficient (Wildman–Crippen LogP) is 6.14. The van der Waals surface area contributed by atoms with Gasteiger partial charge in [-0.2, -0.15) is 0 Å². The summed E-state index contributed by atoms with van der Waals surface area (Å²) >= 11 is 6.77. The quantitative estimate of drug-likeness (QED) is 0.134. The first-order chi connectivity index (χ1) is 18.4. The molecule has 0 amide bonds. The number of Topliss-reactive ketones (excluding diaryl/α,β-unsaturated/α-hetero) is 3. The molecule has 4 aromatic rings. The Hall–Kier alpha value is -3.64. The fourth-order valence-electron chi connectivity index (χ4n) is 5.69. The summed E-state index contributed by atoms with van der Waals surface area (Å²) in [5, 5.41) is 18.7. The van der Waals surface area contributed by atoms with Gasteiger partial charge in [-0.1, -0.05) is 78.4 Å². The maximum absolute atomic E-state index is 13.3. The van der Waals surface area contributed by atoms with Crippen LogP contribution in [0, 0.1) is 5.92 Å². The second kappa shape index (κ2) is 8.70. The lowest BCUT2D eigenvalue weighted by atomic mass is 9.98. The largest absolute Gasteiger partial charge is 0.848 e. The molecule has 38 heavy (non-hydrogen) atoms. The van der Waals surface area contributed by atoms with Gasteiger partial charge in [-0.3, -0.25) is 14.4 Å². The summed E-state index contributed by atoms with van der Waals surface area (Å²) in [6.45, 7) is 0. The van der Waals surface area contributed by atoms with Crippen LogP contribution in [0.2, 0.25) is 0 Å². The Morgan fingerprint density at radius 1 is 0.789 bits per heavy atom. The van der Waals surface area contributed by atoms with Crippen molar-refractivity contribution < 1.29 is 19.5 Å². The minimum Gasteiger partial charge on any atom is -0.848 e. The molecule has 0 bridgehead atoms. The van der Waals surface area contributed by atoms with E-state index >= 15 is 0 Å². The second-order valence-corrected chi connectivity index (χ2v) is 12.4. The Labute approximate surface area is 226 Å². The van der Waals surface area contributed by atoms with Crippen LogP contribution in [0.1, 0.15) is 49.2 Å². The summed E-state index contributed by atoms with van der Waals surface area (Å²) in [5.74, 6) is -0.935. The average molecular weight is 536 g/mol. The third-order valence-electron chi connectivity index (χ3n) is 7.70. The third kappa shape index (κ3) is 3.50. The third-order valence-corrected chi connectivity index (χ3v) is 10.4. The Balaban J connectivity index is 1.22. The van der Waals surface area contributed by atoms with Crippen LogP contribution in [0.15, 0.2) is 95.4 Å². The highest BCUT2D eigenvalue weighted by atomic mass is 35.5. The van der Waals surface area contributed by atoms with Crippen molar-refractivity contribution in [2.75, 3.05) is 5.75 Å². The molecular weight excluding hydrogens is 516 g/mol. The van der Waals surface area contributed by atoms with Crippen LogP contribution >= 0.6 is 22.1 Å². The molecule has 0 aromatic heterocycles. The van der Waals surface area contributed by atoms with Crippen molar-refractivity contribution in [1.82, 2.24) is 0 Å². The van der Waals surface area contributed by atoms with Gasteiger partial charge >= 0.3 is 0 Å². The number of rotatable bonds is 2. The van der Waals surface area contributed by atoms with Crippen LogP contribution < -0.4 is 5.11 Å². The first-order valence-electron chi connectivity index (χ1n) is 12.4. The minimum absolute atomic E-state index is 0.149. The van der Waals surface area contributed by atoms with Crippen molar-refractivity contribution >= 4 is 65.3 Å². The molecule has 6 heteroatoms. The first-order valence-corrected chi connectivity index (χ1v) is 14.2. The number of carbonyl (C=O) groups is 3. The molecule has 3 atom stereocenters. The summed E-state index contributed by atoms with van der Waals surface area (Å²) in [6.07, 6.45) is 1.11. The molecule has 4 nitrogen and oxygen atoms in total. The number of carbonyl (C=O) groups excluding carboxylic acids is 3. The number of hydrogen-bond acceptors (Lipinski definition) is 4. The highest BCUT2D eigenvalue weighted by Crippen LogP contribution is 2.42. The Bertz CT molecular complexity index is 1810. The smallest absolute Gasteiger partial charge is 0.198 e. The molecule has 3 aliphatic rings. The number of halogens is 1. The van der Waals surface area contributed by atoms with Crippen LogP contribution in [0.3, 0.4) is 0 Å². The molecule has 186 valence electrons. The van der Waals surface area contributed by atoms with E-state index in [0.717, 1.165) is 27.1 Å². The van der Waals surface area contributed by atoms with Crippen LogP contribution in [0.25, 0.3) is 21.5 Å². The van der Waals surface area contributed by atoms with Crippen molar-refractivity contribution in [3.8, 4) is 0 Å². The van der Waals surface area contributed by atoms with Gasteiger partial charge < -0.3 is 5.11 Å². The van der Waals surface area contributed by atoms with Gasteiger partial charge in [0.05, 0.1) is 9.90 Å². The van der Waals surface area contributed by atoms with Gasteiger partial charge in [-0.25, -0.2) is 0 Å². The van der Waals surface area contributed by atoms with Gasteiger partial charge in [0, 0.05) is 22.6 Å². The van der Waals surface area contributed by atoms with Crippen molar-refractivity contribution in [2.24, 2.45) is 5.92 Å². The summed E-state index contributed by atoms with van der Waals surface area (Å²) in [6, 6.07) is 22.5. The number of ketones is 3. The van der Waals surface area contributed by atoms with Crippen molar-refractivity contribution in [2.45, 2.75) is 12.5 Å². The average Bonchev–Trinajstić information content (AvgIpc) is 3.48. The van der Waals surface area contributed by atoms with E-state index in [1.807, 2.05) is 60.7 Å². The van der Waals surface area contributed by atoms with E-state index in [2.05, 4.69) is 0 Å². The Kier molecular flexibility index (Phi) is 5.38. The van der Waals surface area contributed by atoms with E-state index in [-0.39, 0.29) is 22.9 Å². The molecule has 2 aliphatic carbocycles. The zero-order chi connectivity index (χ0) is 26.1. The number of fused-ring (bicyclic) bond motifs is 4. The molecule has 0 saturated heterocycles. The second-order valence-electron chi connectivity index (χ2n) is 9.88. The van der Waals surface area contributed by atoms with Gasteiger partial charge in [0.25, 0.3) is 0 Å². The topological polar surface area (TPSA) is 74.3 Å². The minimum atomic E-state index is -1.19. The molecule has 0 radical (unpaired) electrons. The fraction of sp³-hybridized carbons (Fsp3) is 0.125. The first kappa shape index (κ1) is 23.5. The number of allylic oxidation sites excluding steroid dienone is 2. The van der Waals surface area contributed by atoms with E-state index < -0.39 is 22.5 Å². The molecule has 0 fully saturated rings. The molecule has 2 unspecified atom stereocenters. The standard InChI is InChI=1S/C32H20ClO4S/c33-32-21(15-26-28(34)22-11-17-5-1-2-6-18(17)12-23(22)29(26)35)9-10-38(32)16-27-30(36)24-13-19-7-3-4-8-20(19)14-25(24)31(27)37/h1-8,11-16,26,28H,9-10H2/q-1/b21-15+/t26-,28?,38?/m1/s1. The maximum atomic E-state index is 13.3. The predicted molar refractivity (Wildman–Crippen MR) is 151 cm³/mol. The summed E-state index contributed by atoms with van der Waals surface area (Å²) in [5.41, 5.74) is 2.75. The van der Waals surface area contributed by atoms with Crippen LogP contribution in [0.4, 0.5) is 0 Å². The van der Waals surface area contributed by atoms with Crippen molar-refractivity contribution in [3.05, 3.63) is 118 Å². The number of benzene rings is 4. The van der Waals surface area contributed by atoms with Gasteiger partial charge in [0.2, 0.25) is 0 Å². The normalized spacial score (nSPS) is 23.7. The summed E-state index contributed by atoms with van der Waals surface area (Å²) < 4.78 is 0.514. The van der Waals surface area contributed by atoms with E-state index in [0.29, 0.717) is 38.8 Å². The van der Waals surface area contributed by atoms with Crippen molar-refractivity contribution in [1.29, 1.82) is 0 Å². The molecule has 1 heterocycles. The highest BCUT2D eigenvalue weighted by molar-refractivity contribution is 8.20. The SMILES string of the molecule is O=C1C(=CS2=C(Cl)/C(=C/[C@H]3C(=O)c4cc5ccccc5cc4C3[O-])CC2)C(=O)c2cc3ccccc3cc21. The summed E-state index contributed by atoms with van der Waals surface area (Å²) in [4.78, 5) is 39.6. The zero-order valence-corrected chi connectivity index (χ0v) is 21.6. The van der Waals surface area contributed by atoms with Crippen LogP contribution in [-0.2, 0) is 0 Å². The van der Waals surface area contributed by atoms with Gasteiger partial charge in [0.15, 0.2) is 17.3 Å². The highest BCUT2D eigenvalue weighted by Gasteiger charge is 2.36. The van der Waals surface area contributed by atoms with Crippen molar-refractivity contribution in [3.63, 3.8) is 0 Å². The zero-order valence-electron chi connectivity index (χ0n) is 20.1. The van der Waals surface area contributed by atoms with Gasteiger partial charge in [-0.15, -0.1) is 10.5 Å². The molecule has 0 saturated carbocycles. The Morgan fingerprint density at radius 3 is 1.89 bits per heavy atom. The van der Waals surface area contributed by atoms with Gasteiger partial charge in [-0.05, 0) is 68.5 Å².